The molecule has 2 rings (SSSR count). The van der Waals surface area contributed by atoms with E-state index in [1.807, 2.05) is 24.3 Å². The van der Waals surface area contributed by atoms with Crippen LogP contribution in [0, 0.1) is 0 Å². The van der Waals surface area contributed by atoms with Crippen LogP contribution in [0.4, 0.5) is 0 Å². The summed E-state index contributed by atoms with van der Waals surface area (Å²) in [5.41, 5.74) is 0.950. The monoisotopic (exact) mass is 292 g/mol. The number of methoxy groups -OCH3 is 1. The van der Waals surface area contributed by atoms with E-state index < -0.39 is 5.97 Å². The molecule has 0 saturated heterocycles. The molecule has 0 aliphatic carbocycles. The van der Waals surface area contributed by atoms with Crippen LogP contribution in [0.3, 0.4) is 0 Å². The smallest absolute Gasteiger partial charge is 0.337 e. The Morgan fingerprint density at radius 3 is 2.70 bits per heavy atom. The zero-order chi connectivity index (χ0) is 14.5. The number of hydrogen-bond acceptors (Lipinski definition) is 3. The normalized spacial score (nSPS) is 10.1. The fraction of sp³-hybridized carbons (Fsp3) is 0.133. The van der Waals surface area contributed by atoms with Gasteiger partial charge in [0.1, 0.15) is 18.1 Å². The van der Waals surface area contributed by atoms with Crippen molar-refractivity contribution in [3.63, 3.8) is 0 Å². The molecule has 0 fully saturated rings. The maximum atomic E-state index is 11.0. The summed E-state index contributed by atoms with van der Waals surface area (Å²) < 4.78 is 10.7. The van der Waals surface area contributed by atoms with Crippen LogP contribution in [0.1, 0.15) is 15.9 Å². The second kappa shape index (κ2) is 6.30. The highest BCUT2D eigenvalue weighted by molar-refractivity contribution is 6.33. The lowest BCUT2D eigenvalue weighted by atomic mass is 10.2. The summed E-state index contributed by atoms with van der Waals surface area (Å²) >= 11 is 5.80. The average Bonchev–Trinajstić information content (AvgIpc) is 2.46. The molecule has 0 saturated carbocycles. The van der Waals surface area contributed by atoms with Crippen molar-refractivity contribution >= 4 is 17.6 Å². The van der Waals surface area contributed by atoms with Crippen molar-refractivity contribution in [1.82, 2.24) is 0 Å². The second-order valence-electron chi connectivity index (χ2n) is 4.09. The molecular formula is C15H13ClO4. The van der Waals surface area contributed by atoms with Crippen LogP contribution in [0.15, 0.2) is 42.5 Å². The summed E-state index contributed by atoms with van der Waals surface area (Å²) in [5, 5.41) is 9.17. The Morgan fingerprint density at radius 1 is 1.20 bits per heavy atom. The molecule has 5 heteroatoms. The van der Waals surface area contributed by atoms with Crippen molar-refractivity contribution in [2.24, 2.45) is 0 Å². The lowest BCUT2D eigenvalue weighted by Gasteiger charge is -2.09. The zero-order valence-electron chi connectivity index (χ0n) is 10.8. The SMILES string of the molecule is COc1cccc(COc2ccc(Cl)c(C(=O)O)c2)c1. The van der Waals surface area contributed by atoms with Gasteiger partial charge in [-0.2, -0.15) is 0 Å². The van der Waals surface area contributed by atoms with E-state index in [-0.39, 0.29) is 10.6 Å². The first kappa shape index (κ1) is 14.2. The minimum absolute atomic E-state index is 0.0230. The number of aromatic carboxylic acids is 1. The standard InChI is InChI=1S/C15H13ClO4/c1-19-11-4-2-3-10(7-11)9-20-12-5-6-14(16)13(8-12)15(17)18/h2-8H,9H2,1H3,(H,17,18). The van der Waals surface area contributed by atoms with Crippen LogP contribution in [-0.4, -0.2) is 18.2 Å². The van der Waals surface area contributed by atoms with Gasteiger partial charge in [-0.05, 0) is 35.9 Å². The molecular weight excluding hydrogens is 280 g/mol. The summed E-state index contributed by atoms with van der Waals surface area (Å²) in [7, 11) is 1.60. The Balaban J connectivity index is 2.10. The molecule has 2 aromatic rings. The molecule has 1 N–H and O–H groups in total. The van der Waals surface area contributed by atoms with Crippen molar-refractivity contribution in [3.8, 4) is 11.5 Å². The van der Waals surface area contributed by atoms with Crippen molar-refractivity contribution in [1.29, 1.82) is 0 Å². The lowest BCUT2D eigenvalue weighted by Crippen LogP contribution is -2.00. The Morgan fingerprint density at radius 2 is 2.00 bits per heavy atom. The maximum absolute atomic E-state index is 11.0. The Hall–Kier alpha value is -2.20. The van der Waals surface area contributed by atoms with Gasteiger partial charge in [-0.3, -0.25) is 0 Å². The molecule has 0 aliphatic rings. The molecule has 0 unspecified atom stereocenters. The fourth-order valence-corrected chi connectivity index (χ4v) is 1.89. The second-order valence-corrected chi connectivity index (χ2v) is 4.49. The third-order valence-electron chi connectivity index (χ3n) is 2.71. The Labute approximate surface area is 121 Å². The average molecular weight is 293 g/mol. The van der Waals surface area contributed by atoms with Gasteiger partial charge in [0.25, 0.3) is 0 Å². The molecule has 0 aromatic heterocycles. The van der Waals surface area contributed by atoms with E-state index in [0.717, 1.165) is 11.3 Å². The number of halogens is 1. The van der Waals surface area contributed by atoms with Gasteiger partial charge in [0.15, 0.2) is 0 Å². The van der Waals surface area contributed by atoms with Crippen molar-refractivity contribution < 1.29 is 19.4 Å². The number of hydrogen-bond donors (Lipinski definition) is 1. The van der Waals surface area contributed by atoms with Crippen LogP contribution in [-0.2, 0) is 6.61 Å². The topological polar surface area (TPSA) is 55.8 Å². The van der Waals surface area contributed by atoms with Gasteiger partial charge in [0.2, 0.25) is 0 Å². The van der Waals surface area contributed by atoms with E-state index in [1.165, 1.54) is 12.1 Å². The first-order valence-corrected chi connectivity index (χ1v) is 6.26. The van der Waals surface area contributed by atoms with Gasteiger partial charge in [0, 0.05) is 0 Å². The van der Waals surface area contributed by atoms with E-state index in [0.29, 0.717) is 12.4 Å². The number of carboxylic acids is 1. The number of rotatable bonds is 5. The van der Waals surface area contributed by atoms with Gasteiger partial charge < -0.3 is 14.6 Å². The van der Waals surface area contributed by atoms with Crippen LogP contribution >= 0.6 is 11.6 Å². The van der Waals surface area contributed by atoms with E-state index in [9.17, 15) is 4.79 Å². The van der Waals surface area contributed by atoms with E-state index in [1.54, 1.807) is 13.2 Å². The Kier molecular flexibility index (Phi) is 4.48. The predicted octanol–water partition coefficient (Wildman–Crippen LogP) is 3.63. The number of benzene rings is 2. The molecule has 104 valence electrons. The van der Waals surface area contributed by atoms with E-state index >= 15 is 0 Å². The van der Waals surface area contributed by atoms with Gasteiger partial charge in [-0.15, -0.1) is 0 Å². The Bertz CT molecular complexity index is 625. The third-order valence-corrected chi connectivity index (χ3v) is 3.04. The zero-order valence-corrected chi connectivity index (χ0v) is 11.6. The highest BCUT2D eigenvalue weighted by Gasteiger charge is 2.10. The highest BCUT2D eigenvalue weighted by atomic mass is 35.5. The molecule has 0 spiro atoms. The number of carboxylic acid groups (broad SMARTS) is 1. The van der Waals surface area contributed by atoms with Crippen LogP contribution < -0.4 is 9.47 Å². The van der Waals surface area contributed by atoms with Crippen molar-refractivity contribution in [2.75, 3.05) is 7.11 Å². The molecule has 0 bridgehead atoms. The maximum Gasteiger partial charge on any atom is 0.337 e. The summed E-state index contributed by atoms with van der Waals surface area (Å²) in [6, 6.07) is 12.0. The third kappa shape index (κ3) is 3.42. The number of carbonyl (C=O) groups is 1. The van der Waals surface area contributed by atoms with Gasteiger partial charge in [-0.25, -0.2) is 4.79 Å². The van der Waals surface area contributed by atoms with Crippen LogP contribution in [0.25, 0.3) is 0 Å². The van der Waals surface area contributed by atoms with E-state index in [4.69, 9.17) is 26.2 Å². The van der Waals surface area contributed by atoms with Crippen LogP contribution in [0.2, 0.25) is 5.02 Å². The van der Waals surface area contributed by atoms with Crippen LogP contribution in [0.5, 0.6) is 11.5 Å². The predicted molar refractivity (Wildman–Crippen MR) is 75.7 cm³/mol. The lowest BCUT2D eigenvalue weighted by molar-refractivity contribution is 0.0696. The van der Waals surface area contributed by atoms with Gasteiger partial charge >= 0.3 is 5.97 Å². The van der Waals surface area contributed by atoms with Gasteiger partial charge in [-0.1, -0.05) is 23.7 Å². The summed E-state index contributed by atoms with van der Waals surface area (Å²) in [5.74, 6) is 0.116. The first-order chi connectivity index (χ1) is 9.60. The molecule has 2 aromatic carbocycles. The first-order valence-electron chi connectivity index (χ1n) is 5.88. The molecule has 0 radical (unpaired) electrons. The molecule has 0 amide bonds. The van der Waals surface area contributed by atoms with Crippen molar-refractivity contribution in [2.45, 2.75) is 6.61 Å². The molecule has 4 nitrogen and oxygen atoms in total. The fourth-order valence-electron chi connectivity index (χ4n) is 1.69. The minimum Gasteiger partial charge on any atom is -0.497 e. The largest absolute Gasteiger partial charge is 0.497 e. The molecule has 0 atom stereocenters. The minimum atomic E-state index is -1.08. The highest BCUT2D eigenvalue weighted by Crippen LogP contribution is 2.23. The van der Waals surface area contributed by atoms with E-state index in [2.05, 4.69) is 0 Å². The quantitative estimate of drug-likeness (QED) is 0.914. The molecule has 0 aliphatic heterocycles. The number of ether oxygens (including phenoxy) is 2. The van der Waals surface area contributed by atoms with Crippen molar-refractivity contribution in [3.05, 3.63) is 58.6 Å². The summed E-state index contributed by atoms with van der Waals surface area (Å²) in [6.07, 6.45) is 0. The molecule has 20 heavy (non-hydrogen) atoms. The summed E-state index contributed by atoms with van der Waals surface area (Å²) in [6.45, 7) is 0.317. The molecule has 0 heterocycles. The summed E-state index contributed by atoms with van der Waals surface area (Å²) in [4.78, 5) is 11.0. The van der Waals surface area contributed by atoms with Gasteiger partial charge in [0.05, 0.1) is 17.7 Å².